The molecule has 1 amide bonds. The van der Waals surface area contributed by atoms with Gasteiger partial charge in [-0.25, -0.2) is 4.79 Å². The number of hydrogen-bond acceptors (Lipinski definition) is 3. The Morgan fingerprint density at radius 2 is 1.79 bits per heavy atom. The van der Waals surface area contributed by atoms with Crippen LogP contribution in [0.1, 0.15) is 48.9 Å². The summed E-state index contributed by atoms with van der Waals surface area (Å²) < 4.78 is 1.29. The molecule has 0 atom stereocenters. The van der Waals surface area contributed by atoms with Crippen LogP contribution in [0.15, 0.2) is 58.1 Å². The molecule has 0 unspecified atom stereocenters. The van der Waals surface area contributed by atoms with E-state index in [0.717, 1.165) is 6.42 Å². The molecule has 6 heteroatoms. The molecule has 6 nitrogen and oxygen atoms in total. The highest BCUT2D eigenvalue weighted by Gasteiger charge is 2.15. The van der Waals surface area contributed by atoms with Gasteiger partial charge in [-0.1, -0.05) is 50.3 Å². The topological polar surface area (TPSA) is 84.0 Å². The average Bonchev–Trinajstić information content (AvgIpc) is 2.75. The zero-order chi connectivity index (χ0) is 20.2. The van der Waals surface area contributed by atoms with Gasteiger partial charge < -0.3 is 10.3 Å². The fourth-order valence-corrected chi connectivity index (χ4v) is 4.11. The van der Waals surface area contributed by atoms with E-state index in [2.05, 4.69) is 10.3 Å². The van der Waals surface area contributed by atoms with Crippen molar-refractivity contribution in [3.63, 3.8) is 0 Å². The third-order valence-corrected chi connectivity index (χ3v) is 5.76. The van der Waals surface area contributed by atoms with Gasteiger partial charge in [-0.15, -0.1) is 0 Å². The zero-order valence-corrected chi connectivity index (χ0v) is 16.3. The highest BCUT2D eigenvalue weighted by Crippen LogP contribution is 2.26. The predicted octanol–water partition coefficient (Wildman–Crippen LogP) is 3.91. The van der Waals surface area contributed by atoms with E-state index >= 15 is 0 Å². The normalized spacial score (nSPS) is 14.8. The van der Waals surface area contributed by atoms with Gasteiger partial charge in [-0.3, -0.25) is 14.2 Å². The Labute approximate surface area is 168 Å². The number of carbonyl (C=O) groups excluding carboxylic acids is 1. The van der Waals surface area contributed by atoms with Crippen molar-refractivity contribution in [3.05, 3.63) is 74.9 Å². The van der Waals surface area contributed by atoms with E-state index in [1.807, 2.05) is 6.07 Å². The molecule has 1 heterocycles. The second-order valence-corrected chi connectivity index (χ2v) is 7.76. The fraction of sp³-hybridized carbons (Fsp3) is 0.348. The van der Waals surface area contributed by atoms with E-state index in [1.54, 1.807) is 42.5 Å². The maximum atomic E-state index is 13.0. The van der Waals surface area contributed by atoms with Gasteiger partial charge in [0.25, 0.3) is 11.5 Å². The molecule has 3 aromatic rings. The zero-order valence-electron chi connectivity index (χ0n) is 16.3. The molecule has 1 aliphatic carbocycles. The number of rotatable bonds is 5. The van der Waals surface area contributed by atoms with Crippen molar-refractivity contribution in [3.8, 4) is 0 Å². The monoisotopic (exact) mass is 391 g/mol. The Bertz CT molecular complexity index is 1130. The maximum absolute atomic E-state index is 13.0. The van der Waals surface area contributed by atoms with Gasteiger partial charge in [0, 0.05) is 17.8 Å². The lowest BCUT2D eigenvalue weighted by Crippen LogP contribution is -2.35. The molecule has 29 heavy (non-hydrogen) atoms. The van der Waals surface area contributed by atoms with Crippen molar-refractivity contribution < 1.29 is 4.79 Å². The second kappa shape index (κ2) is 8.47. The highest BCUT2D eigenvalue weighted by molar-refractivity contribution is 6.05. The number of carbonyl (C=O) groups is 1. The molecule has 1 saturated carbocycles. The first kappa shape index (κ1) is 19.2. The van der Waals surface area contributed by atoms with Gasteiger partial charge in [-0.2, -0.15) is 0 Å². The summed E-state index contributed by atoms with van der Waals surface area (Å²) in [5, 5.41) is 3.22. The average molecular weight is 391 g/mol. The number of amides is 1. The Balaban J connectivity index is 1.59. The first-order valence-corrected chi connectivity index (χ1v) is 10.2. The molecule has 0 bridgehead atoms. The minimum absolute atomic E-state index is 0.244. The smallest absolute Gasteiger partial charge is 0.322 e. The van der Waals surface area contributed by atoms with E-state index in [0.29, 0.717) is 34.6 Å². The van der Waals surface area contributed by atoms with E-state index in [9.17, 15) is 14.4 Å². The highest BCUT2D eigenvalue weighted by atomic mass is 16.2. The quantitative estimate of drug-likeness (QED) is 0.692. The summed E-state index contributed by atoms with van der Waals surface area (Å²) in [5.41, 5.74) is 0.856. The van der Waals surface area contributed by atoms with E-state index in [-0.39, 0.29) is 17.2 Å². The van der Waals surface area contributed by atoms with Crippen LogP contribution in [0.2, 0.25) is 0 Å². The summed E-state index contributed by atoms with van der Waals surface area (Å²) in [6.07, 6.45) is 6.95. The summed E-state index contributed by atoms with van der Waals surface area (Å²) in [5.74, 6) is 0.342. The summed E-state index contributed by atoms with van der Waals surface area (Å²) >= 11 is 0. The summed E-state index contributed by atoms with van der Waals surface area (Å²) in [6.45, 7) is 0.426. The van der Waals surface area contributed by atoms with E-state index in [1.165, 1.54) is 36.7 Å². The molecular weight excluding hydrogens is 366 g/mol. The number of H-pyrrole nitrogens is 1. The van der Waals surface area contributed by atoms with E-state index in [4.69, 9.17) is 0 Å². The molecule has 2 aromatic carbocycles. The molecule has 150 valence electrons. The third-order valence-electron chi connectivity index (χ3n) is 5.76. The van der Waals surface area contributed by atoms with Gasteiger partial charge in [0.15, 0.2) is 0 Å². The van der Waals surface area contributed by atoms with Crippen LogP contribution in [0.5, 0.6) is 0 Å². The molecule has 0 saturated heterocycles. The van der Waals surface area contributed by atoms with Crippen molar-refractivity contribution in [1.29, 1.82) is 0 Å². The van der Waals surface area contributed by atoms with Gasteiger partial charge in [0.1, 0.15) is 0 Å². The van der Waals surface area contributed by atoms with Gasteiger partial charge in [-0.05, 0) is 42.7 Å². The number of hydrogen-bond donors (Lipinski definition) is 2. The summed E-state index contributed by atoms with van der Waals surface area (Å²) in [4.78, 5) is 40.5. The van der Waals surface area contributed by atoms with Crippen molar-refractivity contribution in [2.24, 2.45) is 5.92 Å². The standard InChI is InChI=1S/C23H25N3O3/c27-21(17-9-5-2-6-10-17)24-18-11-12-20-19(15-18)22(28)26(23(29)25-20)14-13-16-7-3-1-4-8-16/h2,5-6,9-12,15-16H,1,3-4,7-8,13-14H2,(H,24,27)(H,25,29). The number of nitrogens with zero attached hydrogens (tertiary/aromatic N) is 1. The molecule has 4 rings (SSSR count). The Morgan fingerprint density at radius 1 is 1.03 bits per heavy atom. The Morgan fingerprint density at radius 3 is 2.55 bits per heavy atom. The number of anilines is 1. The number of fused-ring (bicyclic) bond motifs is 1. The Hall–Kier alpha value is -3.15. The first-order valence-electron chi connectivity index (χ1n) is 10.2. The van der Waals surface area contributed by atoms with Crippen molar-refractivity contribution >= 4 is 22.5 Å². The number of aromatic amines is 1. The van der Waals surface area contributed by atoms with Gasteiger partial charge >= 0.3 is 5.69 Å². The van der Waals surface area contributed by atoms with Crippen molar-refractivity contribution in [2.75, 3.05) is 5.32 Å². The number of benzene rings is 2. The first-order chi connectivity index (χ1) is 14.1. The SMILES string of the molecule is O=C(Nc1ccc2[nH]c(=O)n(CCC3CCCCC3)c(=O)c2c1)c1ccccc1. The van der Waals surface area contributed by atoms with Crippen LogP contribution in [-0.4, -0.2) is 15.5 Å². The number of aromatic nitrogens is 2. The maximum Gasteiger partial charge on any atom is 0.328 e. The van der Waals surface area contributed by atoms with E-state index < -0.39 is 0 Å². The minimum atomic E-state index is -0.376. The second-order valence-electron chi connectivity index (χ2n) is 7.76. The predicted molar refractivity (Wildman–Crippen MR) is 114 cm³/mol. The third kappa shape index (κ3) is 4.31. The van der Waals surface area contributed by atoms with Gasteiger partial charge in [0.05, 0.1) is 10.9 Å². The summed E-state index contributed by atoms with van der Waals surface area (Å²) in [7, 11) is 0. The molecule has 1 aromatic heterocycles. The molecule has 1 aliphatic rings. The minimum Gasteiger partial charge on any atom is -0.322 e. The lowest BCUT2D eigenvalue weighted by atomic mass is 9.87. The Kier molecular flexibility index (Phi) is 5.60. The van der Waals surface area contributed by atoms with Crippen molar-refractivity contribution in [1.82, 2.24) is 9.55 Å². The van der Waals surface area contributed by atoms with Crippen LogP contribution >= 0.6 is 0 Å². The number of nitrogens with one attached hydrogen (secondary N) is 2. The molecule has 0 aliphatic heterocycles. The largest absolute Gasteiger partial charge is 0.328 e. The lowest BCUT2D eigenvalue weighted by Gasteiger charge is -2.21. The molecule has 0 spiro atoms. The molecule has 2 N–H and O–H groups in total. The van der Waals surface area contributed by atoms with Crippen LogP contribution in [0.3, 0.4) is 0 Å². The van der Waals surface area contributed by atoms with Crippen LogP contribution in [0, 0.1) is 5.92 Å². The summed E-state index contributed by atoms with van der Waals surface area (Å²) in [6, 6.07) is 13.9. The van der Waals surface area contributed by atoms with Crippen LogP contribution in [0.25, 0.3) is 10.9 Å². The lowest BCUT2D eigenvalue weighted by molar-refractivity contribution is 0.102. The molecular formula is C23H25N3O3. The van der Waals surface area contributed by atoms with Crippen LogP contribution < -0.4 is 16.6 Å². The fourth-order valence-electron chi connectivity index (χ4n) is 4.11. The van der Waals surface area contributed by atoms with Crippen LogP contribution in [-0.2, 0) is 6.54 Å². The molecule has 0 radical (unpaired) electrons. The van der Waals surface area contributed by atoms with Crippen molar-refractivity contribution in [2.45, 2.75) is 45.1 Å². The van der Waals surface area contributed by atoms with Crippen LogP contribution in [0.4, 0.5) is 5.69 Å². The van der Waals surface area contributed by atoms with Gasteiger partial charge in [0.2, 0.25) is 0 Å². The molecule has 1 fully saturated rings.